The standard InChI is InChI=1S/C11H18N2O/c1-3-9-7-13-6-4-5-10(14)11(13)12-8(9)2/h10,14H,3-7H2,1-2H3. The quantitative estimate of drug-likeness (QED) is 0.687. The van der Waals surface area contributed by atoms with Crippen LogP contribution in [-0.4, -0.2) is 35.0 Å². The third-order valence-corrected chi connectivity index (χ3v) is 3.13. The van der Waals surface area contributed by atoms with Crippen molar-refractivity contribution in [2.24, 2.45) is 4.99 Å². The zero-order valence-electron chi connectivity index (χ0n) is 8.95. The zero-order chi connectivity index (χ0) is 10.1. The molecule has 1 atom stereocenters. The Labute approximate surface area is 85.1 Å². The summed E-state index contributed by atoms with van der Waals surface area (Å²) in [6, 6.07) is 0. The van der Waals surface area contributed by atoms with Crippen molar-refractivity contribution in [3.63, 3.8) is 0 Å². The first-order chi connectivity index (χ1) is 6.72. The Kier molecular flexibility index (Phi) is 2.59. The van der Waals surface area contributed by atoms with E-state index in [-0.39, 0.29) is 6.10 Å². The van der Waals surface area contributed by atoms with Crippen LogP contribution in [0.4, 0.5) is 0 Å². The highest BCUT2D eigenvalue weighted by molar-refractivity contribution is 5.89. The van der Waals surface area contributed by atoms with Gasteiger partial charge in [0.1, 0.15) is 11.9 Å². The first-order valence-corrected chi connectivity index (χ1v) is 5.42. The summed E-state index contributed by atoms with van der Waals surface area (Å²) in [4.78, 5) is 6.73. The van der Waals surface area contributed by atoms with Crippen LogP contribution in [0.5, 0.6) is 0 Å². The van der Waals surface area contributed by atoms with E-state index in [0.29, 0.717) is 0 Å². The molecule has 3 heteroatoms. The summed E-state index contributed by atoms with van der Waals surface area (Å²) in [6.45, 7) is 6.23. The van der Waals surface area contributed by atoms with Gasteiger partial charge in [-0.3, -0.25) is 0 Å². The number of hydrogen-bond acceptors (Lipinski definition) is 3. The molecule has 2 rings (SSSR count). The third kappa shape index (κ3) is 1.57. The fourth-order valence-corrected chi connectivity index (χ4v) is 2.20. The van der Waals surface area contributed by atoms with Gasteiger partial charge in [-0.2, -0.15) is 0 Å². The minimum Gasteiger partial charge on any atom is -0.385 e. The lowest BCUT2D eigenvalue weighted by Gasteiger charge is -2.37. The van der Waals surface area contributed by atoms with Crippen LogP contribution in [0, 0.1) is 0 Å². The van der Waals surface area contributed by atoms with Crippen LogP contribution < -0.4 is 0 Å². The van der Waals surface area contributed by atoms with Crippen LogP contribution in [0.2, 0.25) is 0 Å². The lowest BCUT2D eigenvalue weighted by Crippen LogP contribution is -2.46. The maximum atomic E-state index is 9.79. The SMILES string of the molecule is CCC1=C(C)N=C2C(O)CCCN2C1. The first kappa shape index (κ1) is 9.71. The molecule has 0 aromatic carbocycles. The second-order valence-electron chi connectivity index (χ2n) is 4.09. The van der Waals surface area contributed by atoms with Gasteiger partial charge in [0, 0.05) is 18.8 Å². The highest BCUT2D eigenvalue weighted by Gasteiger charge is 2.28. The molecule has 2 aliphatic rings. The predicted octanol–water partition coefficient (Wildman–Crippen LogP) is 1.54. The summed E-state index contributed by atoms with van der Waals surface area (Å²) in [6.07, 6.45) is 2.67. The lowest BCUT2D eigenvalue weighted by atomic mass is 10.0. The van der Waals surface area contributed by atoms with Crippen molar-refractivity contribution in [1.82, 2.24) is 4.90 Å². The van der Waals surface area contributed by atoms with Crippen molar-refractivity contribution in [2.45, 2.75) is 39.2 Å². The topological polar surface area (TPSA) is 35.8 Å². The van der Waals surface area contributed by atoms with Gasteiger partial charge in [0.25, 0.3) is 0 Å². The van der Waals surface area contributed by atoms with Crippen LogP contribution >= 0.6 is 0 Å². The van der Waals surface area contributed by atoms with E-state index in [4.69, 9.17) is 0 Å². The van der Waals surface area contributed by atoms with Crippen molar-refractivity contribution < 1.29 is 5.11 Å². The number of piperidine rings is 1. The van der Waals surface area contributed by atoms with Gasteiger partial charge in [0.05, 0.1) is 0 Å². The van der Waals surface area contributed by atoms with Gasteiger partial charge in [-0.1, -0.05) is 6.92 Å². The van der Waals surface area contributed by atoms with Crippen molar-refractivity contribution in [3.05, 3.63) is 11.3 Å². The molecule has 0 bridgehead atoms. The molecule has 1 fully saturated rings. The average Bonchev–Trinajstić information content (AvgIpc) is 2.19. The molecule has 1 saturated heterocycles. The van der Waals surface area contributed by atoms with E-state index in [9.17, 15) is 5.11 Å². The number of aliphatic hydroxyl groups excluding tert-OH is 1. The van der Waals surface area contributed by atoms with Gasteiger partial charge in [-0.25, -0.2) is 4.99 Å². The molecular weight excluding hydrogens is 176 g/mol. The van der Waals surface area contributed by atoms with E-state index in [1.807, 2.05) is 6.92 Å². The number of hydrogen-bond donors (Lipinski definition) is 1. The van der Waals surface area contributed by atoms with Crippen LogP contribution in [0.15, 0.2) is 16.3 Å². The van der Waals surface area contributed by atoms with Gasteiger partial charge >= 0.3 is 0 Å². The minimum atomic E-state index is -0.336. The smallest absolute Gasteiger partial charge is 0.134 e. The monoisotopic (exact) mass is 194 g/mol. The lowest BCUT2D eigenvalue weighted by molar-refractivity contribution is 0.180. The molecule has 0 aliphatic carbocycles. The highest BCUT2D eigenvalue weighted by Crippen LogP contribution is 2.23. The summed E-state index contributed by atoms with van der Waals surface area (Å²) >= 11 is 0. The molecule has 0 radical (unpaired) electrons. The minimum absolute atomic E-state index is 0.336. The zero-order valence-corrected chi connectivity index (χ0v) is 8.95. The van der Waals surface area contributed by atoms with Crippen LogP contribution in [0.1, 0.15) is 33.1 Å². The summed E-state index contributed by atoms with van der Waals surface area (Å²) in [7, 11) is 0. The Balaban J connectivity index is 2.27. The molecule has 0 spiro atoms. The van der Waals surface area contributed by atoms with E-state index in [2.05, 4.69) is 16.8 Å². The van der Waals surface area contributed by atoms with Gasteiger partial charge < -0.3 is 10.0 Å². The molecule has 2 aliphatic heterocycles. The summed E-state index contributed by atoms with van der Waals surface area (Å²) < 4.78 is 0. The first-order valence-electron chi connectivity index (χ1n) is 5.42. The van der Waals surface area contributed by atoms with Crippen molar-refractivity contribution >= 4 is 5.84 Å². The Morgan fingerprint density at radius 1 is 1.57 bits per heavy atom. The summed E-state index contributed by atoms with van der Waals surface area (Å²) in [5.74, 6) is 0.894. The molecule has 0 aromatic heterocycles. The number of nitrogens with zero attached hydrogens (tertiary/aromatic N) is 2. The van der Waals surface area contributed by atoms with Gasteiger partial charge in [0.15, 0.2) is 0 Å². The molecule has 14 heavy (non-hydrogen) atoms. The Morgan fingerprint density at radius 3 is 3.07 bits per heavy atom. The van der Waals surface area contributed by atoms with Crippen molar-refractivity contribution in [1.29, 1.82) is 0 Å². The molecular formula is C11H18N2O. The molecule has 3 nitrogen and oxygen atoms in total. The Morgan fingerprint density at radius 2 is 2.36 bits per heavy atom. The second kappa shape index (κ2) is 3.73. The van der Waals surface area contributed by atoms with Gasteiger partial charge in [0.2, 0.25) is 0 Å². The average molecular weight is 194 g/mol. The molecule has 1 N–H and O–H groups in total. The van der Waals surface area contributed by atoms with Crippen LogP contribution in [-0.2, 0) is 0 Å². The fraction of sp³-hybridized carbons (Fsp3) is 0.727. The van der Waals surface area contributed by atoms with E-state index >= 15 is 0 Å². The van der Waals surface area contributed by atoms with Crippen LogP contribution in [0.25, 0.3) is 0 Å². The number of aliphatic hydroxyl groups is 1. The summed E-state index contributed by atoms with van der Waals surface area (Å²) in [5.41, 5.74) is 2.52. The summed E-state index contributed by atoms with van der Waals surface area (Å²) in [5, 5.41) is 9.79. The number of fused-ring (bicyclic) bond motifs is 1. The number of rotatable bonds is 1. The van der Waals surface area contributed by atoms with E-state index in [1.54, 1.807) is 0 Å². The maximum absolute atomic E-state index is 9.79. The largest absolute Gasteiger partial charge is 0.385 e. The van der Waals surface area contributed by atoms with Crippen molar-refractivity contribution in [2.75, 3.05) is 13.1 Å². The number of aliphatic imine (C=N–C) groups is 1. The van der Waals surface area contributed by atoms with E-state index in [0.717, 1.165) is 43.9 Å². The molecule has 0 amide bonds. The molecule has 78 valence electrons. The van der Waals surface area contributed by atoms with E-state index < -0.39 is 0 Å². The maximum Gasteiger partial charge on any atom is 0.134 e. The van der Waals surface area contributed by atoms with Crippen molar-refractivity contribution in [3.8, 4) is 0 Å². The van der Waals surface area contributed by atoms with E-state index in [1.165, 1.54) is 5.57 Å². The predicted molar refractivity (Wildman–Crippen MR) is 57.2 cm³/mol. The van der Waals surface area contributed by atoms with Crippen LogP contribution in [0.3, 0.4) is 0 Å². The molecule has 2 heterocycles. The molecule has 0 aromatic rings. The fourth-order valence-electron chi connectivity index (χ4n) is 2.20. The number of amidine groups is 1. The third-order valence-electron chi connectivity index (χ3n) is 3.13. The van der Waals surface area contributed by atoms with Gasteiger partial charge in [-0.15, -0.1) is 0 Å². The molecule has 0 saturated carbocycles. The normalized spacial score (nSPS) is 27.5. The number of allylic oxidation sites excluding steroid dienone is 1. The molecule has 1 unspecified atom stereocenters. The highest BCUT2D eigenvalue weighted by atomic mass is 16.3. The Bertz CT molecular complexity index is 294. The second-order valence-corrected chi connectivity index (χ2v) is 4.09. The Hall–Kier alpha value is -0.830. The van der Waals surface area contributed by atoms with Gasteiger partial charge in [-0.05, 0) is 31.8 Å².